The SMILES string of the molecule is COc1ccc(CN(C(=O)c2ccco2)[C@@H](C(=O)NC2CCCC2)c2ccco2)cc1. The van der Waals surface area contributed by atoms with Crippen LogP contribution in [0.15, 0.2) is 69.9 Å². The molecule has 0 aliphatic heterocycles. The minimum Gasteiger partial charge on any atom is -0.497 e. The standard InChI is InChI=1S/C24H26N2O5/c1-29-19-12-10-17(11-13-19)16-26(24(28)21-9-5-15-31-21)22(20-8-4-14-30-20)23(27)25-18-6-2-3-7-18/h4-5,8-15,18,22H,2-3,6-7,16H2,1H3,(H,25,27)/t22-/m1/s1. The van der Waals surface area contributed by atoms with Crippen LogP contribution in [0.25, 0.3) is 0 Å². The van der Waals surface area contributed by atoms with Gasteiger partial charge >= 0.3 is 0 Å². The van der Waals surface area contributed by atoms with Crippen molar-refractivity contribution in [2.45, 2.75) is 44.3 Å². The number of nitrogens with zero attached hydrogens (tertiary/aromatic N) is 1. The Labute approximate surface area is 181 Å². The predicted octanol–water partition coefficient (Wildman–Crippen LogP) is 4.32. The number of ether oxygens (including phenoxy) is 1. The van der Waals surface area contributed by atoms with Gasteiger partial charge in [-0.3, -0.25) is 9.59 Å². The molecule has 4 rings (SSSR count). The summed E-state index contributed by atoms with van der Waals surface area (Å²) >= 11 is 0. The fraction of sp³-hybridized carbons (Fsp3) is 0.333. The van der Waals surface area contributed by atoms with Gasteiger partial charge < -0.3 is 23.8 Å². The van der Waals surface area contributed by atoms with Crippen molar-refractivity contribution >= 4 is 11.8 Å². The Morgan fingerprint density at radius 1 is 1.06 bits per heavy atom. The predicted molar refractivity (Wildman–Crippen MR) is 113 cm³/mol. The molecule has 1 aliphatic rings. The summed E-state index contributed by atoms with van der Waals surface area (Å²) in [6, 6.07) is 13.3. The summed E-state index contributed by atoms with van der Waals surface area (Å²) in [5, 5.41) is 3.11. The number of furan rings is 2. The van der Waals surface area contributed by atoms with Gasteiger partial charge in [0, 0.05) is 12.6 Å². The molecule has 1 aliphatic carbocycles. The Morgan fingerprint density at radius 2 is 1.77 bits per heavy atom. The fourth-order valence-corrected chi connectivity index (χ4v) is 3.97. The Hall–Kier alpha value is -3.48. The van der Waals surface area contributed by atoms with E-state index in [-0.39, 0.29) is 30.2 Å². The number of hydrogen-bond donors (Lipinski definition) is 1. The number of carbonyl (C=O) groups excluding carboxylic acids is 2. The first-order valence-electron chi connectivity index (χ1n) is 10.5. The zero-order valence-corrected chi connectivity index (χ0v) is 17.5. The van der Waals surface area contributed by atoms with Crippen LogP contribution in [-0.4, -0.2) is 29.9 Å². The molecular formula is C24H26N2O5. The van der Waals surface area contributed by atoms with Crippen LogP contribution in [0.3, 0.4) is 0 Å². The molecule has 1 saturated carbocycles. The van der Waals surface area contributed by atoms with Gasteiger partial charge in [0.05, 0.1) is 19.6 Å². The second-order valence-electron chi connectivity index (χ2n) is 7.67. The molecule has 7 nitrogen and oxygen atoms in total. The maximum Gasteiger partial charge on any atom is 0.290 e. The zero-order chi connectivity index (χ0) is 21.6. The molecule has 1 fully saturated rings. The lowest BCUT2D eigenvalue weighted by Crippen LogP contribution is -2.45. The van der Waals surface area contributed by atoms with Gasteiger partial charge in [0.15, 0.2) is 11.8 Å². The molecule has 2 aromatic heterocycles. The van der Waals surface area contributed by atoms with E-state index in [0.717, 1.165) is 31.2 Å². The van der Waals surface area contributed by atoms with Crippen LogP contribution in [0.2, 0.25) is 0 Å². The average molecular weight is 422 g/mol. The van der Waals surface area contributed by atoms with Crippen molar-refractivity contribution < 1.29 is 23.2 Å². The van der Waals surface area contributed by atoms with E-state index < -0.39 is 6.04 Å². The summed E-state index contributed by atoms with van der Waals surface area (Å²) in [7, 11) is 1.60. The van der Waals surface area contributed by atoms with Gasteiger partial charge in [-0.25, -0.2) is 0 Å². The highest BCUT2D eigenvalue weighted by molar-refractivity contribution is 5.95. The summed E-state index contributed by atoms with van der Waals surface area (Å²) in [6.45, 7) is 0.201. The fourth-order valence-electron chi connectivity index (χ4n) is 3.97. The number of amides is 2. The first kappa shape index (κ1) is 20.8. The lowest BCUT2D eigenvalue weighted by Gasteiger charge is -2.30. The molecule has 0 bridgehead atoms. The highest BCUT2D eigenvalue weighted by Crippen LogP contribution is 2.28. The van der Waals surface area contributed by atoms with Crippen molar-refractivity contribution in [3.05, 3.63) is 78.1 Å². The number of nitrogens with one attached hydrogen (secondary N) is 1. The summed E-state index contributed by atoms with van der Waals surface area (Å²) < 4.78 is 16.2. The molecule has 0 saturated heterocycles. The minimum absolute atomic E-state index is 0.117. The van der Waals surface area contributed by atoms with Crippen LogP contribution in [0, 0.1) is 0 Å². The summed E-state index contributed by atoms with van der Waals surface area (Å²) in [5.41, 5.74) is 0.853. The zero-order valence-electron chi connectivity index (χ0n) is 17.5. The van der Waals surface area contributed by atoms with E-state index in [1.54, 1.807) is 31.4 Å². The topological polar surface area (TPSA) is 84.9 Å². The molecule has 2 amide bonds. The van der Waals surface area contributed by atoms with E-state index in [1.807, 2.05) is 24.3 Å². The van der Waals surface area contributed by atoms with E-state index in [9.17, 15) is 9.59 Å². The molecule has 0 radical (unpaired) electrons. The van der Waals surface area contributed by atoms with Crippen molar-refractivity contribution in [3.8, 4) is 5.75 Å². The second-order valence-corrected chi connectivity index (χ2v) is 7.67. The number of rotatable bonds is 8. The molecule has 1 aromatic carbocycles. The van der Waals surface area contributed by atoms with Gasteiger partial charge in [0.25, 0.3) is 11.8 Å². The molecule has 7 heteroatoms. The van der Waals surface area contributed by atoms with Gasteiger partial charge in [-0.15, -0.1) is 0 Å². The number of methoxy groups -OCH3 is 1. The van der Waals surface area contributed by atoms with Crippen LogP contribution in [0.5, 0.6) is 5.75 Å². The largest absolute Gasteiger partial charge is 0.497 e. The third-order valence-electron chi connectivity index (χ3n) is 5.58. The molecule has 1 N–H and O–H groups in total. The third-order valence-corrected chi connectivity index (χ3v) is 5.58. The summed E-state index contributed by atoms with van der Waals surface area (Å²) in [4.78, 5) is 28.3. The van der Waals surface area contributed by atoms with Gasteiger partial charge in [-0.1, -0.05) is 25.0 Å². The van der Waals surface area contributed by atoms with Gasteiger partial charge in [0.2, 0.25) is 0 Å². The molecule has 3 aromatic rings. The monoisotopic (exact) mass is 422 g/mol. The van der Waals surface area contributed by atoms with Gasteiger partial charge in [-0.05, 0) is 54.8 Å². The van der Waals surface area contributed by atoms with E-state index in [0.29, 0.717) is 11.5 Å². The summed E-state index contributed by atoms with van der Waals surface area (Å²) in [6.07, 6.45) is 7.03. The highest BCUT2D eigenvalue weighted by Gasteiger charge is 2.36. The van der Waals surface area contributed by atoms with Crippen molar-refractivity contribution in [1.82, 2.24) is 10.2 Å². The molecule has 0 unspecified atom stereocenters. The lowest BCUT2D eigenvalue weighted by molar-refractivity contribution is -0.127. The van der Waals surface area contributed by atoms with Crippen LogP contribution in [0.1, 0.15) is 53.6 Å². The summed E-state index contributed by atoms with van der Waals surface area (Å²) in [5.74, 6) is 0.649. The molecule has 31 heavy (non-hydrogen) atoms. The van der Waals surface area contributed by atoms with Crippen LogP contribution in [-0.2, 0) is 11.3 Å². The Morgan fingerprint density at radius 3 is 2.39 bits per heavy atom. The second kappa shape index (κ2) is 9.55. The quantitative estimate of drug-likeness (QED) is 0.584. The van der Waals surface area contributed by atoms with Gasteiger partial charge in [-0.2, -0.15) is 0 Å². The van der Waals surface area contributed by atoms with Crippen molar-refractivity contribution in [1.29, 1.82) is 0 Å². The lowest BCUT2D eigenvalue weighted by atomic mass is 10.1. The first-order valence-corrected chi connectivity index (χ1v) is 10.5. The van der Waals surface area contributed by atoms with Crippen molar-refractivity contribution in [3.63, 3.8) is 0 Å². The molecule has 1 atom stereocenters. The minimum atomic E-state index is -0.921. The van der Waals surface area contributed by atoms with Crippen molar-refractivity contribution in [2.75, 3.05) is 7.11 Å². The Balaban J connectivity index is 1.67. The maximum atomic E-state index is 13.4. The maximum absolute atomic E-state index is 13.4. The van der Waals surface area contributed by atoms with E-state index >= 15 is 0 Å². The highest BCUT2D eigenvalue weighted by atomic mass is 16.5. The Bertz CT molecular complexity index is 974. The Kier molecular flexibility index (Phi) is 6.40. The molecule has 2 heterocycles. The van der Waals surface area contributed by atoms with E-state index in [2.05, 4.69) is 5.32 Å². The van der Waals surface area contributed by atoms with Crippen LogP contribution in [0.4, 0.5) is 0 Å². The normalized spacial score (nSPS) is 14.9. The number of hydrogen-bond acceptors (Lipinski definition) is 5. The average Bonchev–Trinajstić information content (AvgIpc) is 3.57. The smallest absolute Gasteiger partial charge is 0.290 e. The van der Waals surface area contributed by atoms with Gasteiger partial charge in [0.1, 0.15) is 11.5 Å². The van der Waals surface area contributed by atoms with E-state index in [1.165, 1.54) is 17.4 Å². The van der Waals surface area contributed by atoms with E-state index in [4.69, 9.17) is 13.6 Å². The molecule has 0 spiro atoms. The van der Waals surface area contributed by atoms with Crippen molar-refractivity contribution in [2.24, 2.45) is 0 Å². The molecular weight excluding hydrogens is 396 g/mol. The van der Waals surface area contributed by atoms with Crippen LogP contribution < -0.4 is 10.1 Å². The number of benzene rings is 1. The third kappa shape index (κ3) is 4.82. The number of carbonyl (C=O) groups is 2. The first-order chi connectivity index (χ1) is 15.2. The molecule has 162 valence electrons. The van der Waals surface area contributed by atoms with Crippen LogP contribution >= 0.6 is 0 Å².